The molecule has 1 aromatic carbocycles. The Hall–Kier alpha value is -2.20. The van der Waals surface area contributed by atoms with Crippen molar-refractivity contribution in [2.75, 3.05) is 17.7 Å². The van der Waals surface area contributed by atoms with E-state index in [1.807, 2.05) is 0 Å². The number of carbonyl (C=O) groups excluding carboxylic acids is 1. The summed E-state index contributed by atoms with van der Waals surface area (Å²) in [5.41, 5.74) is -0.763. The third-order valence-electron chi connectivity index (χ3n) is 2.15. The summed E-state index contributed by atoms with van der Waals surface area (Å²) < 4.78 is 39.0. The highest BCUT2D eigenvalue weighted by Crippen LogP contribution is 2.19. The predicted octanol–water partition coefficient (Wildman–Crippen LogP) is 2.28. The zero-order valence-electron chi connectivity index (χ0n) is 10.0. The monoisotopic (exact) mass is 303 g/mol. The molecule has 0 heterocycles. The van der Waals surface area contributed by atoms with Gasteiger partial charge < -0.3 is 10.6 Å². The lowest BCUT2D eigenvalue weighted by atomic mass is 10.2. The van der Waals surface area contributed by atoms with Crippen LogP contribution < -0.4 is 10.6 Å². The fourth-order valence-corrected chi connectivity index (χ4v) is 1.29. The molecule has 0 fully saturated rings. The number of benzene rings is 1. The van der Waals surface area contributed by atoms with Gasteiger partial charge in [-0.25, -0.2) is 13.2 Å². The van der Waals surface area contributed by atoms with Gasteiger partial charge in [0.1, 0.15) is 11.6 Å². The molecule has 0 unspecified atom stereocenters. The van der Waals surface area contributed by atoms with Crippen molar-refractivity contribution in [3.05, 3.63) is 41.4 Å². The minimum atomic E-state index is -1.64. The molecule has 8 heteroatoms. The maximum Gasteiger partial charge on any atom is 0.263 e. The van der Waals surface area contributed by atoms with Gasteiger partial charge in [-0.1, -0.05) is 0 Å². The number of alkyl halides is 1. The van der Waals surface area contributed by atoms with Crippen LogP contribution in [0.1, 0.15) is 0 Å². The fourth-order valence-electron chi connectivity index (χ4n) is 1.19. The van der Waals surface area contributed by atoms with Crippen molar-refractivity contribution >= 4 is 23.2 Å². The highest BCUT2D eigenvalue weighted by molar-refractivity contribution is 6.18. The van der Waals surface area contributed by atoms with Crippen LogP contribution in [-0.4, -0.2) is 18.3 Å². The van der Waals surface area contributed by atoms with Gasteiger partial charge in [-0.3, -0.25) is 4.79 Å². The molecule has 1 aromatic rings. The number of anilines is 1. The Morgan fingerprint density at radius 3 is 2.65 bits per heavy atom. The lowest BCUT2D eigenvalue weighted by Gasteiger charge is -2.05. The first-order valence-corrected chi connectivity index (χ1v) is 5.89. The molecule has 0 saturated carbocycles. The molecule has 4 nitrogen and oxygen atoms in total. The number of nitriles is 1. The van der Waals surface area contributed by atoms with Gasteiger partial charge in [0.15, 0.2) is 17.5 Å². The molecule has 20 heavy (non-hydrogen) atoms. The van der Waals surface area contributed by atoms with E-state index in [-0.39, 0.29) is 18.0 Å². The van der Waals surface area contributed by atoms with E-state index in [0.29, 0.717) is 6.07 Å². The summed E-state index contributed by atoms with van der Waals surface area (Å²) >= 11 is 5.36. The molecule has 2 N–H and O–H groups in total. The third kappa shape index (κ3) is 3.90. The van der Waals surface area contributed by atoms with Crippen molar-refractivity contribution < 1.29 is 18.0 Å². The van der Waals surface area contributed by atoms with Crippen molar-refractivity contribution in [3.63, 3.8) is 0 Å². The van der Waals surface area contributed by atoms with Gasteiger partial charge in [-0.15, -0.1) is 11.6 Å². The van der Waals surface area contributed by atoms with Crippen LogP contribution in [0.5, 0.6) is 0 Å². The summed E-state index contributed by atoms with van der Waals surface area (Å²) in [7, 11) is 0. The average molecular weight is 304 g/mol. The Kier molecular flexibility index (Phi) is 5.87. The molecule has 0 aliphatic heterocycles. The first-order chi connectivity index (χ1) is 9.51. The Morgan fingerprint density at radius 2 is 2.05 bits per heavy atom. The van der Waals surface area contributed by atoms with E-state index in [2.05, 4.69) is 10.6 Å². The minimum absolute atomic E-state index is 0.152. The van der Waals surface area contributed by atoms with Gasteiger partial charge in [-0.05, 0) is 12.1 Å². The number of rotatable bonds is 5. The second-order valence-electron chi connectivity index (χ2n) is 3.48. The summed E-state index contributed by atoms with van der Waals surface area (Å²) in [6.45, 7) is 0.152. The Bertz CT molecular complexity index is 584. The van der Waals surface area contributed by atoms with Crippen molar-refractivity contribution in [2.24, 2.45) is 0 Å². The second-order valence-corrected chi connectivity index (χ2v) is 3.86. The summed E-state index contributed by atoms with van der Waals surface area (Å²) in [4.78, 5) is 11.4. The van der Waals surface area contributed by atoms with Gasteiger partial charge in [0.05, 0.1) is 5.69 Å². The summed E-state index contributed by atoms with van der Waals surface area (Å²) in [6, 6.07) is 3.24. The van der Waals surface area contributed by atoms with Crippen LogP contribution in [0.4, 0.5) is 18.9 Å². The fraction of sp³-hybridized carbons (Fsp3) is 0.167. The summed E-state index contributed by atoms with van der Waals surface area (Å²) in [6.07, 6.45) is 0.888. The van der Waals surface area contributed by atoms with Crippen LogP contribution in [0.2, 0.25) is 0 Å². The van der Waals surface area contributed by atoms with Gasteiger partial charge in [-0.2, -0.15) is 5.26 Å². The molecule has 0 aromatic heterocycles. The molecule has 0 spiro atoms. The third-order valence-corrected chi connectivity index (χ3v) is 2.34. The Labute approximate surface area is 117 Å². The SMILES string of the molecule is N#C/C(=C/Nc1ccc(F)c(F)c1F)C(=O)NCCCl. The zero-order chi connectivity index (χ0) is 15.1. The van der Waals surface area contributed by atoms with Crippen molar-refractivity contribution in [3.8, 4) is 6.07 Å². The van der Waals surface area contributed by atoms with Crippen LogP contribution in [0.15, 0.2) is 23.9 Å². The standard InChI is InChI=1S/C12H9ClF3N3O/c13-3-4-18-12(20)7(5-17)6-19-9-2-1-8(14)10(15)11(9)16/h1-2,6,19H,3-4H2,(H,18,20)/b7-6-. The van der Waals surface area contributed by atoms with E-state index in [9.17, 15) is 18.0 Å². The maximum absolute atomic E-state index is 13.3. The van der Waals surface area contributed by atoms with Gasteiger partial charge >= 0.3 is 0 Å². The normalized spacial score (nSPS) is 10.8. The molecule has 0 bridgehead atoms. The molecule has 0 aliphatic rings. The zero-order valence-corrected chi connectivity index (χ0v) is 10.8. The molecular weight excluding hydrogens is 295 g/mol. The predicted molar refractivity (Wildman–Crippen MR) is 67.4 cm³/mol. The van der Waals surface area contributed by atoms with Crippen molar-refractivity contribution in [1.82, 2.24) is 5.32 Å². The number of amides is 1. The van der Waals surface area contributed by atoms with Crippen LogP contribution in [-0.2, 0) is 4.79 Å². The lowest BCUT2D eigenvalue weighted by Crippen LogP contribution is -2.26. The molecular formula is C12H9ClF3N3O. The van der Waals surface area contributed by atoms with Crippen LogP contribution in [0.3, 0.4) is 0 Å². The second kappa shape index (κ2) is 7.40. The highest BCUT2D eigenvalue weighted by atomic mass is 35.5. The van der Waals surface area contributed by atoms with Crippen LogP contribution in [0, 0.1) is 28.8 Å². The molecule has 1 amide bonds. The maximum atomic E-state index is 13.3. The minimum Gasteiger partial charge on any atom is -0.358 e. The largest absolute Gasteiger partial charge is 0.358 e. The quantitative estimate of drug-likeness (QED) is 0.379. The molecule has 0 radical (unpaired) electrons. The Balaban J connectivity index is 2.87. The molecule has 0 saturated heterocycles. The van der Waals surface area contributed by atoms with Gasteiger partial charge in [0, 0.05) is 18.6 Å². The van der Waals surface area contributed by atoms with Crippen LogP contribution in [0.25, 0.3) is 0 Å². The molecule has 106 valence electrons. The molecule has 0 aliphatic carbocycles. The summed E-state index contributed by atoms with van der Waals surface area (Å²) in [5.74, 6) is -4.98. The summed E-state index contributed by atoms with van der Waals surface area (Å²) in [5, 5.41) is 13.3. The van der Waals surface area contributed by atoms with Gasteiger partial charge in [0.2, 0.25) is 0 Å². The van der Waals surface area contributed by atoms with Crippen LogP contribution >= 0.6 is 11.6 Å². The Morgan fingerprint density at radius 1 is 1.35 bits per heavy atom. The first kappa shape index (κ1) is 15.9. The van der Waals surface area contributed by atoms with Gasteiger partial charge in [0.25, 0.3) is 5.91 Å². The van der Waals surface area contributed by atoms with E-state index in [4.69, 9.17) is 16.9 Å². The number of hydrogen-bond acceptors (Lipinski definition) is 3. The first-order valence-electron chi connectivity index (χ1n) is 5.35. The van der Waals surface area contributed by atoms with E-state index in [0.717, 1.165) is 12.3 Å². The van der Waals surface area contributed by atoms with Crippen molar-refractivity contribution in [1.29, 1.82) is 5.26 Å². The van der Waals surface area contributed by atoms with E-state index >= 15 is 0 Å². The number of nitrogens with one attached hydrogen (secondary N) is 2. The average Bonchev–Trinajstić information content (AvgIpc) is 2.45. The lowest BCUT2D eigenvalue weighted by molar-refractivity contribution is -0.117. The smallest absolute Gasteiger partial charge is 0.263 e. The molecule has 1 rings (SSSR count). The highest BCUT2D eigenvalue weighted by Gasteiger charge is 2.13. The molecule has 0 atom stereocenters. The number of halogens is 4. The number of carbonyl (C=O) groups is 1. The van der Waals surface area contributed by atoms with E-state index < -0.39 is 29.0 Å². The van der Waals surface area contributed by atoms with E-state index in [1.54, 1.807) is 6.07 Å². The number of nitrogens with zero attached hydrogens (tertiary/aromatic N) is 1. The topological polar surface area (TPSA) is 64.9 Å². The van der Waals surface area contributed by atoms with E-state index in [1.165, 1.54) is 0 Å². The van der Waals surface area contributed by atoms with Crippen molar-refractivity contribution in [2.45, 2.75) is 0 Å². The number of hydrogen-bond donors (Lipinski definition) is 2.